The van der Waals surface area contributed by atoms with E-state index in [1.165, 1.54) is 10.9 Å². The van der Waals surface area contributed by atoms with Gasteiger partial charge in [0, 0.05) is 23.6 Å². The van der Waals surface area contributed by atoms with Crippen LogP contribution in [0, 0.1) is 0 Å². The summed E-state index contributed by atoms with van der Waals surface area (Å²) in [5.41, 5.74) is 5.38. The summed E-state index contributed by atoms with van der Waals surface area (Å²) in [7, 11) is 0. The molecule has 4 N–H and O–H groups in total. The van der Waals surface area contributed by atoms with Gasteiger partial charge in [0.2, 0.25) is 5.91 Å². The Morgan fingerprint density at radius 2 is 1.68 bits per heavy atom. The molecule has 0 aliphatic rings. The molecular formula is C21H20ClN5O4. The predicted octanol–water partition coefficient (Wildman–Crippen LogP) is 2.20. The number of nitrogens with zero attached hydrogens (tertiary/aromatic N) is 2. The fraction of sp³-hybridized carbons (Fsp3) is 0.143. The van der Waals surface area contributed by atoms with Crippen molar-refractivity contribution in [2.24, 2.45) is 0 Å². The molecule has 3 amide bonds. The van der Waals surface area contributed by atoms with Crippen LogP contribution in [0.5, 0.6) is 5.75 Å². The van der Waals surface area contributed by atoms with Crippen molar-refractivity contribution in [1.29, 1.82) is 0 Å². The van der Waals surface area contributed by atoms with E-state index in [9.17, 15) is 19.5 Å². The first-order chi connectivity index (χ1) is 14.9. The van der Waals surface area contributed by atoms with Gasteiger partial charge in [0.25, 0.3) is 11.8 Å². The number of hydrogen-bond acceptors (Lipinski definition) is 5. The zero-order valence-electron chi connectivity index (χ0n) is 16.3. The summed E-state index contributed by atoms with van der Waals surface area (Å²) in [6.45, 7) is 0.283. The maximum atomic E-state index is 12.2. The van der Waals surface area contributed by atoms with Crippen LogP contribution in [-0.4, -0.2) is 39.2 Å². The average Bonchev–Trinajstić information content (AvgIpc) is 3.17. The lowest BCUT2D eigenvalue weighted by molar-refractivity contribution is -0.121. The van der Waals surface area contributed by atoms with Gasteiger partial charge in [-0.05, 0) is 42.8 Å². The number of halogens is 1. The van der Waals surface area contributed by atoms with Gasteiger partial charge in [-0.2, -0.15) is 5.10 Å². The lowest BCUT2D eigenvalue weighted by Crippen LogP contribution is -2.42. The van der Waals surface area contributed by atoms with E-state index in [1.807, 2.05) is 6.07 Å². The zero-order valence-corrected chi connectivity index (χ0v) is 17.1. The maximum Gasteiger partial charge on any atom is 0.294 e. The molecule has 0 radical (unpaired) electrons. The van der Waals surface area contributed by atoms with E-state index in [0.717, 1.165) is 0 Å². The van der Waals surface area contributed by atoms with Crippen molar-refractivity contribution in [3.05, 3.63) is 77.1 Å². The molecular weight excluding hydrogens is 422 g/mol. The van der Waals surface area contributed by atoms with Gasteiger partial charge in [-0.15, -0.1) is 0 Å². The molecule has 0 spiro atoms. The van der Waals surface area contributed by atoms with Gasteiger partial charge in [-0.25, -0.2) is 4.68 Å². The van der Waals surface area contributed by atoms with Gasteiger partial charge in [-0.3, -0.25) is 25.2 Å². The Bertz CT molecular complexity index is 1070. The molecule has 31 heavy (non-hydrogen) atoms. The maximum absolute atomic E-state index is 12.2. The summed E-state index contributed by atoms with van der Waals surface area (Å²) < 4.78 is 1.36. The first-order valence-corrected chi connectivity index (χ1v) is 9.79. The monoisotopic (exact) mass is 441 g/mol. The fourth-order valence-corrected chi connectivity index (χ4v) is 2.77. The van der Waals surface area contributed by atoms with Crippen LogP contribution in [0.3, 0.4) is 0 Å². The number of aromatic nitrogens is 2. The molecule has 160 valence electrons. The molecule has 0 bridgehead atoms. The Morgan fingerprint density at radius 1 is 0.968 bits per heavy atom. The van der Waals surface area contributed by atoms with Gasteiger partial charge in [-0.1, -0.05) is 29.8 Å². The molecule has 0 aliphatic carbocycles. The minimum Gasteiger partial charge on any atom is -0.504 e. The van der Waals surface area contributed by atoms with E-state index in [2.05, 4.69) is 21.3 Å². The molecule has 0 atom stereocenters. The van der Waals surface area contributed by atoms with Gasteiger partial charge in [0.1, 0.15) is 0 Å². The van der Waals surface area contributed by atoms with Crippen molar-refractivity contribution in [3.63, 3.8) is 0 Å². The lowest BCUT2D eigenvalue weighted by Gasteiger charge is -2.07. The first kappa shape index (κ1) is 21.8. The summed E-state index contributed by atoms with van der Waals surface area (Å²) in [5.74, 6) is -1.79. The standard InChI is InChI=1S/C21H20ClN5O4/c22-15-10-8-14(9-11-15)20(30)23-12-4-7-18(29)24-25-21(31)19-17(28)13-27(26-19)16-5-2-1-3-6-16/h1-3,5-6,8-11,13,28H,4,7,12H2,(H,23,30)(H,24,29)(H,25,31). The van der Waals surface area contributed by atoms with Crippen molar-refractivity contribution in [2.75, 3.05) is 6.54 Å². The number of benzene rings is 2. The topological polar surface area (TPSA) is 125 Å². The highest BCUT2D eigenvalue weighted by molar-refractivity contribution is 6.30. The van der Waals surface area contributed by atoms with Gasteiger partial charge in [0.15, 0.2) is 11.4 Å². The number of rotatable bonds is 7. The number of para-hydroxylation sites is 1. The predicted molar refractivity (Wildman–Crippen MR) is 114 cm³/mol. The Balaban J connectivity index is 1.40. The van der Waals surface area contributed by atoms with Crippen LogP contribution in [-0.2, 0) is 4.79 Å². The Kier molecular flexibility index (Phi) is 7.23. The second-order valence-corrected chi connectivity index (χ2v) is 6.95. The van der Waals surface area contributed by atoms with Crippen molar-refractivity contribution >= 4 is 29.3 Å². The largest absolute Gasteiger partial charge is 0.504 e. The highest BCUT2D eigenvalue weighted by Crippen LogP contribution is 2.17. The van der Waals surface area contributed by atoms with Crippen LogP contribution in [0.1, 0.15) is 33.7 Å². The molecule has 3 aromatic rings. The van der Waals surface area contributed by atoms with E-state index in [1.54, 1.807) is 48.5 Å². The van der Waals surface area contributed by atoms with Crippen LogP contribution in [0.2, 0.25) is 5.02 Å². The quantitative estimate of drug-likeness (QED) is 0.330. The van der Waals surface area contributed by atoms with Crippen LogP contribution < -0.4 is 16.2 Å². The normalized spacial score (nSPS) is 10.4. The summed E-state index contributed by atoms with van der Waals surface area (Å²) in [4.78, 5) is 36.1. The third kappa shape index (κ3) is 6.06. The minimum atomic E-state index is -0.753. The summed E-state index contributed by atoms with van der Waals surface area (Å²) >= 11 is 5.78. The van der Waals surface area contributed by atoms with E-state index in [-0.39, 0.29) is 30.3 Å². The highest BCUT2D eigenvalue weighted by Gasteiger charge is 2.17. The number of hydrogen-bond donors (Lipinski definition) is 4. The fourth-order valence-electron chi connectivity index (χ4n) is 2.64. The number of amides is 3. The number of carbonyl (C=O) groups excluding carboxylic acids is 3. The summed E-state index contributed by atoms with van der Waals surface area (Å²) in [5, 5.41) is 17.2. The number of nitrogens with one attached hydrogen (secondary N) is 3. The molecule has 0 fully saturated rings. The van der Waals surface area contributed by atoms with Crippen LogP contribution in [0.25, 0.3) is 5.69 Å². The molecule has 0 saturated heterocycles. The number of aromatic hydroxyl groups is 1. The first-order valence-electron chi connectivity index (χ1n) is 9.41. The summed E-state index contributed by atoms with van der Waals surface area (Å²) in [6, 6.07) is 15.4. The Labute approximate surface area is 183 Å². The summed E-state index contributed by atoms with van der Waals surface area (Å²) in [6.07, 6.45) is 1.75. The van der Waals surface area contributed by atoms with Crippen molar-refractivity contribution < 1.29 is 19.5 Å². The molecule has 10 heteroatoms. The SMILES string of the molecule is O=C(CCCNC(=O)c1ccc(Cl)cc1)NNC(=O)c1nn(-c2ccccc2)cc1O. The Hall–Kier alpha value is -3.85. The molecule has 3 rings (SSSR count). The van der Waals surface area contributed by atoms with E-state index in [4.69, 9.17) is 11.6 Å². The van der Waals surface area contributed by atoms with Gasteiger partial charge >= 0.3 is 0 Å². The number of hydrazine groups is 1. The van der Waals surface area contributed by atoms with Gasteiger partial charge in [0.05, 0.1) is 11.9 Å². The van der Waals surface area contributed by atoms with E-state index >= 15 is 0 Å². The highest BCUT2D eigenvalue weighted by atomic mass is 35.5. The third-order valence-corrected chi connectivity index (χ3v) is 4.47. The van der Waals surface area contributed by atoms with Crippen molar-refractivity contribution in [2.45, 2.75) is 12.8 Å². The molecule has 2 aromatic carbocycles. The number of carbonyl (C=O) groups is 3. The molecule has 0 saturated carbocycles. The molecule has 1 aromatic heterocycles. The molecule has 0 aliphatic heterocycles. The molecule has 1 heterocycles. The van der Waals surface area contributed by atoms with Gasteiger partial charge < -0.3 is 10.4 Å². The zero-order chi connectivity index (χ0) is 22.2. The van der Waals surface area contributed by atoms with Crippen LogP contribution in [0.4, 0.5) is 0 Å². The van der Waals surface area contributed by atoms with Crippen LogP contribution in [0.15, 0.2) is 60.8 Å². The lowest BCUT2D eigenvalue weighted by atomic mass is 10.2. The van der Waals surface area contributed by atoms with Crippen LogP contribution >= 0.6 is 11.6 Å². The Morgan fingerprint density at radius 3 is 2.39 bits per heavy atom. The molecule has 9 nitrogen and oxygen atoms in total. The second kappa shape index (κ2) is 10.3. The van der Waals surface area contributed by atoms with Crippen molar-refractivity contribution in [3.8, 4) is 11.4 Å². The minimum absolute atomic E-state index is 0.0750. The van der Waals surface area contributed by atoms with E-state index < -0.39 is 11.8 Å². The van der Waals surface area contributed by atoms with E-state index in [0.29, 0.717) is 22.7 Å². The smallest absolute Gasteiger partial charge is 0.294 e. The molecule has 0 unspecified atom stereocenters. The van der Waals surface area contributed by atoms with Crippen molar-refractivity contribution in [1.82, 2.24) is 25.9 Å². The average molecular weight is 442 g/mol. The third-order valence-electron chi connectivity index (χ3n) is 4.22. The second-order valence-electron chi connectivity index (χ2n) is 6.51.